The first kappa shape index (κ1) is 13.6. The molecule has 0 spiro atoms. The van der Waals surface area contributed by atoms with Gasteiger partial charge in [0.1, 0.15) is 0 Å². The van der Waals surface area contributed by atoms with Crippen LogP contribution in [-0.2, 0) is 6.54 Å². The van der Waals surface area contributed by atoms with Crippen molar-refractivity contribution in [3.05, 3.63) is 24.2 Å². The van der Waals surface area contributed by atoms with E-state index in [4.69, 9.17) is 4.42 Å². The van der Waals surface area contributed by atoms with Gasteiger partial charge in [0.15, 0.2) is 0 Å². The van der Waals surface area contributed by atoms with Gasteiger partial charge in [-0.1, -0.05) is 19.3 Å². The van der Waals surface area contributed by atoms with Gasteiger partial charge in [0.05, 0.1) is 12.5 Å². The largest absolute Gasteiger partial charge is 0.472 e. The summed E-state index contributed by atoms with van der Waals surface area (Å²) in [6.07, 6.45) is 10.5. The summed E-state index contributed by atoms with van der Waals surface area (Å²) in [4.78, 5) is 2.38. The van der Waals surface area contributed by atoms with Gasteiger partial charge in [0.25, 0.3) is 0 Å². The van der Waals surface area contributed by atoms with Crippen molar-refractivity contribution in [2.45, 2.75) is 57.7 Å². The molecule has 1 aromatic heterocycles. The Balaban J connectivity index is 1.68. The molecule has 1 N–H and O–H groups in total. The molecule has 1 saturated carbocycles. The lowest BCUT2D eigenvalue weighted by Crippen LogP contribution is -2.42. The first-order valence-corrected chi connectivity index (χ1v) is 7.20. The zero-order valence-corrected chi connectivity index (χ0v) is 11.7. The molecule has 3 heteroatoms. The van der Waals surface area contributed by atoms with E-state index in [0.717, 1.165) is 19.1 Å². The van der Waals surface area contributed by atoms with Crippen LogP contribution in [-0.4, -0.2) is 30.6 Å². The second kappa shape index (κ2) is 6.95. The van der Waals surface area contributed by atoms with Crippen molar-refractivity contribution in [2.24, 2.45) is 0 Å². The summed E-state index contributed by atoms with van der Waals surface area (Å²) in [6.45, 7) is 4.33. The Labute approximate surface area is 111 Å². The minimum absolute atomic E-state index is 0.557. The number of hydrogen-bond donors (Lipinski definition) is 1. The average Bonchev–Trinajstić information content (AvgIpc) is 2.90. The molecule has 18 heavy (non-hydrogen) atoms. The monoisotopic (exact) mass is 250 g/mol. The highest BCUT2D eigenvalue weighted by Gasteiger charge is 2.15. The standard InChI is InChI=1S/C15H26N2O/c1-13(10-16-15-6-4-3-5-7-15)17(2)11-14-8-9-18-12-14/h8-9,12-13,15-16H,3-7,10-11H2,1-2H3. The molecule has 0 radical (unpaired) electrons. The van der Waals surface area contributed by atoms with Crippen molar-refractivity contribution in [1.29, 1.82) is 0 Å². The van der Waals surface area contributed by atoms with Crippen molar-refractivity contribution < 1.29 is 4.42 Å². The molecule has 3 nitrogen and oxygen atoms in total. The van der Waals surface area contributed by atoms with E-state index in [-0.39, 0.29) is 0 Å². The first-order valence-electron chi connectivity index (χ1n) is 7.20. The van der Waals surface area contributed by atoms with Crippen LogP contribution in [0, 0.1) is 0 Å². The molecule has 102 valence electrons. The van der Waals surface area contributed by atoms with Crippen LogP contribution in [0.3, 0.4) is 0 Å². The summed E-state index contributed by atoms with van der Waals surface area (Å²) in [5.41, 5.74) is 1.25. The second-order valence-electron chi connectivity index (χ2n) is 5.64. The molecule has 0 aliphatic heterocycles. The normalized spacial score (nSPS) is 19.3. The van der Waals surface area contributed by atoms with Gasteiger partial charge in [0, 0.05) is 30.7 Å². The summed E-state index contributed by atoms with van der Waals surface area (Å²) >= 11 is 0. The third-order valence-electron chi connectivity index (χ3n) is 4.07. The molecule has 1 unspecified atom stereocenters. The number of likely N-dealkylation sites (N-methyl/N-ethyl adjacent to an activating group) is 1. The van der Waals surface area contributed by atoms with Gasteiger partial charge in [-0.15, -0.1) is 0 Å². The van der Waals surface area contributed by atoms with E-state index < -0.39 is 0 Å². The molecule has 1 heterocycles. The number of hydrogen-bond acceptors (Lipinski definition) is 3. The van der Waals surface area contributed by atoms with Gasteiger partial charge in [-0.05, 0) is 32.9 Å². The molecule has 1 aromatic rings. The van der Waals surface area contributed by atoms with Crippen LogP contribution < -0.4 is 5.32 Å². The maximum atomic E-state index is 5.11. The van der Waals surface area contributed by atoms with Crippen LogP contribution in [0.4, 0.5) is 0 Å². The quantitative estimate of drug-likeness (QED) is 0.841. The zero-order valence-electron chi connectivity index (χ0n) is 11.7. The summed E-state index contributed by atoms with van der Waals surface area (Å²) in [5, 5.41) is 3.72. The van der Waals surface area contributed by atoms with Crippen LogP contribution in [0.5, 0.6) is 0 Å². The Morgan fingerprint density at radius 1 is 1.39 bits per heavy atom. The predicted octanol–water partition coefficient (Wildman–Crippen LogP) is 3.02. The van der Waals surface area contributed by atoms with E-state index in [1.54, 1.807) is 6.26 Å². The highest BCUT2D eigenvalue weighted by atomic mass is 16.3. The van der Waals surface area contributed by atoms with E-state index in [0.29, 0.717) is 6.04 Å². The van der Waals surface area contributed by atoms with Crippen molar-refractivity contribution >= 4 is 0 Å². The van der Waals surface area contributed by atoms with E-state index in [1.807, 2.05) is 12.3 Å². The van der Waals surface area contributed by atoms with Crippen molar-refractivity contribution in [3.63, 3.8) is 0 Å². The van der Waals surface area contributed by atoms with Gasteiger partial charge in [-0.25, -0.2) is 0 Å². The second-order valence-corrected chi connectivity index (χ2v) is 5.64. The maximum Gasteiger partial charge on any atom is 0.0947 e. The number of nitrogens with zero attached hydrogens (tertiary/aromatic N) is 1. The maximum absolute atomic E-state index is 5.11. The van der Waals surface area contributed by atoms with Crippen molar-refractivity contribution in [3.8, 4) is 0 Å². The third kappa shape index (κ3) is 4.14. The Bertz CT molecular complexity index is 317. The molecule has 1 fully saturated rings. The van der Waals surface area contributed by atoms with E-state index in [9.17, 15) is 0 Å². The smallest absolute Gasteiger partial charge is 0.0947 e. The fourth-order valence-electron chi connectivity index (χ4n) is 2.63. The molecular formula is C15H26N2O. The molecule has 0 aromatic carbocycles. The van der Waals surface area contributed by atoms with Crippen LogP contribution in [0.25, 0.3) is 0 Å². The van der Waals surface area contributed by atoms with Gasteiger partial charge >= 0.3 is 0 Å². The number of nitrogens with one attached hydrogen (secondary N) is 1. The predicted molar refractivity (Wildman–Crippen MR) is 74.5 cm³/mol. The van der Waals surface area contributed by atoms with Crippen LogP contribution in [0.2, 0.25) is 0 Å². The molecule has 1 aliphatic rings. The molecule has 1 aliphatic carbocycles. The Hall–Kier alpha value is -0.800. The molecule has 2 rings (SSSR count). The SMILES string of the molecule is CC(CNC1CCCCC1)N(C)Cc1ccoc1. The van der Waals surface area contributed by atoms with Gasteiger partial charge in [-0.3, -0.25) is 4.90 Å². The zero-order chi connectivity index (χ0) is 12.8. The lowest BCUT2D eigenvalue weighted by atomic mass is 9.95. The highest BCUT2D eigenvalue weighted by Crippen LogP contribution is 2.17. The molecule has 1 atom stereocenters. The van der Waals surface area contributed by atoms with E-state index >= 15 is 0 Å². The summed E-state index contributed by atoms with van der Waals surface area (Å²) < 4.78 is 5.11. The van der Waals surface area contributed by atoms with Crippen LogP contribution in [0.1, 0.15) is 44.6 Å². The van der Waals surface area contributed by atoms with Crippen LogP contribution >= 0.6 is 0 Å². The Morgan fingerprint density at radius 3 is 2.83 bits per heavy atom. The molecular weight excluding hydrogens is 224 g/mol. The van der Waals surface area contributed by atoms with Crippen molar-refractivity contribution in [1.82, 2.24) is 10.2 Å². The Morgan fingerprint density at radius 2 is 2.17 bits per heavy atom. The van der Waals surface area contributed by atoms with E-state index in [1.165, 1.54) is 37.7 Å². The lowest BCUT2D eigenvalue weighted by molar-refractivity contribution is 0.229. The first-order chi connectivity index (χ1) is 8.75. The van der Waals surface area contributed by atoms with Crippen molar-refractivity contribution in [2.75, 3.05) is 13.6 Å². The van der Waals surface area contributed by atoms with Crippen LogP contribution in [0.15, 0.2) is 23.0 Å². The molecule has 0 bridgehead atoms. The third-order valence-corrected chi connectivity index (χ3v) is 4.07. The molecule has 0 saturated heterocycles. The molecule has 0 amide bonds. The average molecular weight is 250 g/mol. The number of furan rings is 1. The fraction of sp³-hybridized carbons (Fsp3) is 0.733. The topological polar surface area (TPSA) is 28.4 Å². The summed E-state index contributed by atoms with van der Waals surface area (Å²) in [6, 6.07) is 3.35. The van der Waals surface area contributed by atoms with Gasteiger partial charge in [0.2, 0.25) is 0 Å². The van der Waals surface area contributed by atoms with Gasteiger partial charge < -0.3 is 9.73 Å². The fourth-order valence-corrected chi connectivity index (χ4v) is 2.63. The lowest BCUT2D eigenvalue weighted by Gasteiger charge is -2.28. The minimum atomic E-state index is 0.557. The van der Waals surface area contributed by atoms with E-state index in [2.05, 4.69) is 24.2 Å². The Kier molecular flexibility index (Phi) is 5.26. The summed E-state index contributed by atoms with van der Waals surface area (Å²) in [7, 11) is 2.18. The number of rotatable bonds is 6. The van der Waals surface area contributed by atoms with Gasteiger partial charge in [-0.2, -0.15) is 0 Å². The highest BCUT2D eigenvalue weighted by molar-refractivity contribution is 5.04. The summed E-state index contributed by atoms with van der Waals surface area (Å²) in [5.74, 6) is 0. The minimum Gasteiger partial charge on any atom is -0.472 e.